The Balaban J connectivity index is 1.000. The van der Waals surface area contributed by atoms with Crippen molar-refractivity contribution in [1.82, 2.24) is 0 Å². The van der Waals surface area contributed by atoms with Crippen molar-refractivity contribution in [3.05, 3.63) is 194 Å². The number of hydrogen-bond acceptors (Lipinski definition) is 2. The van der Waals surface area contributed by atoms with Crippen LogP contribution in [0.15, 0.2) is 194 Å². The summed E-state index contributed by atoms with van der Waals surface area (Å²) in [5.41, 5.74) is 13.9. The van der Waals surface area contributed by atoms with E-state index >= 15 is 0 Å². The van der Waals surface area contributed by atoms with Crippen LogP contribution in [0.1, 0.15) is 0 Å². The summed E-state index contributed by atoms with van der Waals surface area (Å²) in [7, 11) is 0. The van der Waals surface area contributed by atoms with Crippen molar-refractivity contribution in [3.8, 4) is 44.5 Å². The fourth-order valence-corrected chi connectivity index (χ4v) is 6.26. The van der Waals surface area contributed by atoms with Crippen LogP contribution in [0.3, 0.4) is 0 Å². The highest BCUT2D eigenvalue weighted by Gasteiger charge is 2.08. The minimum absolute atomic E-state index is 1.06. The van der Waals surface area contributed by atoms with Gasteiger partial charge in [0.2, 0.25) is 0 Å². The molecule has 0 aliphatic carbocycles. The van der Waals surface area contributed by atoms with E-state index in [-0.39, 0.29) is 0 Å². The van der Waals surface area contributed by atoms with Crippen molar-refractivity contribution in [3.63, 3.8) is 0 Å². The molecule has 0 atom stereocenters. The minimum Gasteiger partial charge on any atom is -0.356 e. The highest BCUT2D eigenvalue weighted by Crippen LogP contribution is 2.34. The average Bonchev–Trinajstić information content (AvgIpc) is 3.16. The Labute approximate surface area is 282 Å². The van der Waals surface area contributed by atoms with Gasteiger partial charge >= 0.3 is 0 Å². The summed E-state index contributed by atoms with van der Waals surface area (Å²) >= 11 is 0. The van der Waals surface area contributed by atoms with Gasteiger partial charge in [-0.15, -0.1) is 0 Å². The fraction of sp³-hybridized carbons (Fsp3) is 0. The first-order valence-corrected chi connectivity index (χ1v) is 16.3. The predicted octanol–water partition coefficient (Wildman–Crippen LogP) is 13.0. The van der Waals surface area contributed by atoms with E-state index in [9.17, 15) is 0 Å². The van der Waals surface area contributed by atoms with Crippen LogP contribution in [0.4, 0.5) is 22.7 Å². The first-order valence-electron chi connectivity index (χ1n) is 16.3. The molecular weight excluding hydrogens is 581 g/mol. The third kappa shape index (κ3) is 6.33. The summed E-state index contributed by atoms with van der Waals surface area (Å²) in [5.74, 6) is 0. The summed E-state index contributed by atoms with van der Waals surface area (Å²) in [6.07, 6.45) is 0. The van der Waals surface area contributed by atoms with Crippen LogP contribution in [0.2, 0.25) is 0 Å². The van der Waals surface area contributed by atoms with Gasteiger partial charge in [-0.3, -0.25) is 0 Å². The van der Waals surface area contributed by atoms with Crippen LogP contribution >= 0.6 is 0 Å². The van der Waals surface area contributed by atoms with Crippen LogP contribution in [0.25, 0.3) is 55.3 Å². The molecule has 8 aromatic rings. The van der Waals surface area contributed by atoms with E-state index in [4.69, 9.17) is 0 Å². The Bertz CT molecular complexity index is 2290. The Morgan fingerprint density at radius 3 is 1.21 bits per heavy atom. The number of nitrogens with one attached hydrogen (secondary N) is 2. The molecular formula is C46H34N2. The van der Waals surface area contributed by atoms with Crippen molar-refractivity contribution >= 4 is 33.5 Å². The molecule has 0 aromatic heterocycles. The molecule has 2 N–H and O–H groups in total. The number of rotatable bonds is 8. The Hall–Kier alpha value is -6.38. The van der Waals surface area contributed by atoms with Crippen molar-refractivity contribution in [1.29, 1.82) is 0 Å². The molecule has 0 aliphatic heterocycles. The molecule has 228 valence electrons. The van der Waals surface area contributed by atoms with Gasteiger partial charge in [-0.2, -0.15) is 0 Å². The fourth-order valence-electron chi connectivity index (χ4n) is 6.26. The summed E-state index contributed by atoms with van der Waals surface area (Å²) in [6.45, 7) is 0. The Kier molecular flexibility index (Phi) is 7.96. The quantitative estimate of drug-likeness (QED) is 0.178. The average molecular weight is 615 g/mol. The van der Waals surface area contributed by atoms with Crippen molar-refractivity contribution in [2.75, 3.05) is 10.6 Å². The van der Waals surface area contributed by atoms with E-state index in [0.29, 0.717) is 0 Å². The normalized spacial score (nSPS) is 10.9. The molecule has 0 fully saturated rings. The standard InChI is InChI=1S/C46H34N2/c1-3-9-33(10-4-1)35-19-25-42(26-20-35)47-43-27-23-37(24-28-43)39-14-7-15-40(31-39)41-18-17-38-13-8-16-46(45(38)32-41)48-44-29-21-36(22-30-44)34-11-5-2-6-12-34/h1-32,47-48H. The van der Waals surface area contributed by atoms with Crippen LogP contribution in [0, 0.1) is 0 Å². The summed E-state index contributed by atoms with van der Waals surface area (Å²) in [4.78, 5) is 0. The van der Waals surface area contributed by atoms with Crippen LogP contribution in [0.5, 0.6) is 0 Å². The number of anilines is 4. The molecule has 2 nitrogen and oxygen atoms in total. The highest BCUT2D eigenvalue weighted by atomic mass is 14.9. The molecule has 0 unspecified atom stereocenters. The number of fused-ring (bicyclic) bond motifs is 1. The maximum absolute atomic E-state index is 3.67. The van der Waals surface area contributed by atoms with E-state index < -0.39 is 0 Å². The maximum Gasteiger partial charge on any atom is 0.0464 e. The van der Waals surface area contributed by atoms with Gasteiger partial charge < -0.3 is 10.6 Å². The highest BCUT2D eigenvalue weighted by molar-refractivity contribution is 5.98. The maximum atomic E-state index is 3.67. The van der Waals surface area contributed by atoms with Gasteiger partial charge in [0.25, 0.3) is 0 Å². The predicted molar refractivity (Wildman–Crippen MR) is 205 cm³/mol. The smallest absolute Gasteiger partial charge is 0.0464 e. The second-order valence-electron chi connectivity index (χ2n) is 12.0. The monoisotopic (exact) mass is 614 g/mol. The number of benzene rings is 8. The van der Waals surface area contributed by atoms with E-state index in [0.717, 1.165) is 22.7 Å². The summed E-state index contributed by atoms with van der Waals surface area (Å²) < 4.78 is 0. The Morgan fingerprint density at radius 1 is 0.250 bits per heavy atom. The largest absolute Gasteiger partial charge is 0.356 e. The SMILES string of the molecule is c1ccc(-c2ccc(Nc3ccc(-c4cccc(-c5ccc6cccc(Nc7ccc(-c8ccccc8)cc7)c6c5)c4)cc3)cc2)cc1. The second-order valence-corrected chi connectivity index (χ2v) is 12.0. The van der Waals surface area contributed by atoms with Crippen molar-refractivity contribution in [2.24, 2.45) is 0 Å². The van der Waals surface area contributed by atoms with Crippen LogP contribution in [-0.2, 0) is 0 Å². The molecule has 0 heterocycles. The van der Waals surface area contributed by atoms with E-state index in [1.165, 1.54) is 55.3 Å². The third-order valence-electron chi connectivity index (χ3n) is 8.85. The molecule has 0 aliphatic rings. The van der Waals surface area contributed by atoms with Gasteiger partial charge in [-0.25, -0.2) is 0 Å². The first-order chi connectivity index (χ1) is 23.7. The second kappa shape index (κ2) is 13.2. The summed E-state index contributed by atoms with van der Waals surface area (Å²) in [5, 5.41) is 9.61. The zero-order chi connectivity index (χ0) is 32.1. The van der Waals surface area contributed by atoms with Crippen LogP contribution in [-0.4, -0.2) is 0 Å². The van der Waals surface area contributed by atoms with E-state index in [2.05, 4.69) is 193 Å². The van der Waals surface area contributed by atoms with Crippen molar-refractivity contribution in [2.45, 2.75) is 0 Å². The first kappa shape index (κ1) is 29.1. The minimum atomic E-state index is 1.06. The van der Waals surface area contributed by atoms with Crippen LogP contribution < -0.4 is 10.6 Å². The summed E-state index contributed by atoms with van der Waals surface area (Å²) in [6, 6.07) is 68.8. The zero-order valence-corrected chi connectivity index (χ0v) is 26.5. The molecule has 2 heteroatoms. The van der Waals surface area contributed by atoms with Crippen molar-refractivity contribution < 1.29 is 0 Å². The van der Waals surface area contributed by atoms with E-state index in [1.807, 2.05) is 12.1 Å². The van der Waals surface area contributed by atoms with Gasteiger partial charge in [-0.1, -0.05) is 140 Å². The molecule has 0 saturated heterocycles. The molecule has 48 heavy (non-hydrogen) atoms. The van der Waals surface area contributed by atoms with Gasteiger partial charge in [-0.05, 0) is 104 Å². The van der Waals surface area contributed by atoms with Gasteiger partial charge in [0, 0.05) is 28.1 Å². The molecule has 8 rings (SSSR count). The van der Waals surface area contributed by atoms with Gasteiger partial charge in [0.05, 0.1) is 0 Å². The Morgan fingerprint density at radius 2 is 0.646 bits per heavy atom. The van der Waals surface area contributed by atoms with Gasteiger partial charge in [0.15, 0.2) is 0 Å². The lowest BCUT2D eigenvalue weighted by Crippen LogP contribution is -1.92. The topological polar surface area (TPSA) is 24.1 Å². The number of hydrogen-bond donors (Lipinski definition) is 2. The molecule has 8 aromatic carbocycles. The molecule has 0 radical (unpaired) electrons. The van der Waals surface area contributed by atoms with Gasteiger partial charge in [0.1, 0.15) is 0 Å². The lowest BCUT2D eigenvalue weighted by Gasteiger charge is -2.13. The van der Waals surface area contributed by atoms with E-state index in [1.54, 1.807) is 0 Å². The lowest BCUT2D eigenvalue weighted by atomic mass is 9.96. The molecule has 0 spiro atoms. The third-order valence-corrected chi connectivity index (χ3v) is 8.85. The lowest BCUT2D eigenvalue weighted by molar-refractivity contribution is 1.53. The molecule has 0 amide bonds. The molecule has 0 saturated carbocycles. The molecule has 0 bridgehead atoms. The zero-order valence-electron chi connectivity index (χ0n) is 26.5.